The van der Waals surface area contributed by atoms with E-state index in [1.54, 1.807) is 6.07 Å². The van der Waals surface area contributed by atoms with E-state index in [1.807, 2.05) is 0 Å². The number of pyridine rings is 1. The first-order chi connectivity index (χ1) is 8.59. The number of halogens is 1. The quantitative estimate of drug-likeness (QED) is 0.886. The normalized spacial score (nSPS) is 19.6. The van der Waals surface area contributed by atoms with Gasteiger partial charge >= 0.3 is 5.97 Å². The summed E-state index contributed by atoms with van der Waals surface area (Å²) in [6.45, 7) is 0.799. The summed E-state index contributed by atoms with van der Waals surface area (Å²) in [5, 5.41) is 9.33. The fourth-order valence-electron chi connectivity index (χ4n) is 2.07. The molecule has 1 N–H and O–H groups in total. The summed E-state index contributed by atoms with van der Waals surface area (Å²) in [5.74, 6) is -1.60. The number of hydrogen-bond acceptors (Lipinski definition) is 3. The van der Waals surface area contributed by atoms with Gasteiger partial charge in [-0.3, -0.25) is 14.6 Å². The second-order valence-corrected chi connectivity index (χ2v) is 4.69. The molecule has 1 aromatic heterocycles. The van der Waals surface area contributed by atoms with Crippen molar-refractivity contribution in [2.75, 3.05) is 13.1 Å². The second-order valence-electron chi connectivity index (χ2n) is 4.28. The van der Waals surface area contributed by atoms with E-state index < -0.39 is 11.9 Å². The average Bonchev–Trinajstić information content (AvgIpc) is 2.38. The van der Waals surface area contributed by atoms with Crippen LogP contribution in [-0.4, -0.2) is 40.0 Å². The summed E-state index contributed by atoms with van der Waals surface area (Å²) < 4.78 is 0. The third kappa shape index (κ3) is 2.61. The predicted molar refractivity (Wildman–Crippen MR) is 65.5 cm³/mol. The van der Waals surface area contributed by atoms with Crippen molar-refractivity contribution in [2.45, 2.75) is 12.8 Å². The zero-order valence-electron chi connectivity index (χ0n) is 9.67. The third-order valence-corrected chi connectivity index (χ3v) is 3.39. The Labute approximate surface area is 109 Å². The molecular weight excluding hydrogens is 256 g/mol. The molecule has 6 heteroatoms. The van der Waals surface area contributed by atoms with E-state index in [0.29, 0.717) is 30.0 Å². The number of nitrogens with zero attached hydrogens (tertiary/aromatic N) is 2. The molecule has 1 atom stereocenters. The number of carbonyl (C=O) groups is 2. The van der Waals surface area contributed by atoms with E-state index in [9.17, 15) is 9.59 Å². The first-order valence-corrected chi connectivity index (χ1v) is 6.09. The summed E-state index contributed by atoms with van der Waals surface area (Å²) in [4.78, 5) is 28.5. The van der Waals surface area contributed by atoms with Crippen LogP contribution in [0.1, 0.15) is 23.2 Å². The first-order valence-electron chi connectivity index (χ1n) is 5.71. The monoisotopic (exact) mass is 268 g/mol. The molecule has 1 fully saturated rings. The number of carboxylic acids is 1. The lowest BCUT2D eigenvalue weighted by Crippen LogP contribution is -2.42. The topological polar surface area (TPSA) is 70.5 Å². The van der Waals surface area contributed by atoms with Gasteiger partial charge in [0.15, 0.2) is 0 Å². The molecule has 1 unspecified atom stereocenters. The highest BCUT2D eigenvalue weighted by Gasteiger charge is 2.29. The Bertz CT molecular complexity index is 478. The maximum atomic E-state index is 12.2. The average molecular weight is 269 g/mol. The molecular formula is C12H13ClN2O3. The van der Waals surface area contributed by atoms with Crippen LogP contribution in [-0.2, 0) is 4.79 Å². The summed E-state index contributed by atoms with van der Waals surface area (Å²) in [7, 11) is 0. The van der Waals surface area contributed by atoms with Crippen LogP contribution in [0.2, 0.25) is 5.02 Å². The Balaban J connectivity index is 2.14. The highest BCUT2D eigenvalue weighted by Crippen LogP contribution is 2.21. The van der Waals surface area contributed by atoms with Crippen LogP contribution < -0.4 is 0 Å². The lowest BCUT2D eigenvalue weighted by molar-refractivity contribution is -0.143. The van der Waals surface area contributed by atoms with E-state index in [4.69, 9.17) is 16.7 Å². The molecule has 1 aliphatic rings. The van der Waals surface area contributed by atoms with Crippen molar-refractivity contribution in [3.63, 3.8) is 0 Å². The molecule has 0 saturated carbocycles. The number of rotatable bonds is 2. The molecule has 2 heterocycles. The molecule has 0 radical (unpaired) electrons. The van der Waals surface area contributed by atoms with Crippen LogP contribution in [0.25, 0.3) is 0 Å². The summed E-state index contributed by atoms with van der Waals surface area (Å²) in [5.41, 5.74) is 0.324. The van der Waals surface area contributed by atoms with Crippen LogP contribution in [0, 0.1) is 5.92 Å². The molecule has 96 valence electrons. The summed E-state index contributed by atoms with van der Waals surface area (Å²) in [6.07, 6.45) is 4.23. The van der Waals surface area contributed by atoms with Crippen molar-refractivity contribution in [3.05, 3.63) is 29.0 Å². The number of piperidine rings is 1. The van der Waals surface area contributed by atoms with Crippen LogP contribution in [0.15, 0.2) is 18.5 Å². The molecule has 1 amide bonds. The minimum absolute atomic E-state index is 0.236. The number of carboxylic acid groups (broad SMARTS) is 1. The smallest absolute Gasteiger partial charge is 0.308 e. The second kappa shape index (κ2) is 5.35. The van der Waals surface area contributed by atoms with Gasteiger partial charge in [-0.25, -0.2) is 0 Å². The van der Waals surface area contributed by atoms with E-state index >= 15 is 0 Å². The lowest BCUT2D eigenvalue weighted by atomic mass is 9.98. The van der Waals surface area contributed by atoms with Crippen LogP contribution in [0.4, 0.5) is 0 Å². The van der Waals surface area contributed by atoms with Crippen molar-refractivity contribution in [1.82, 2.24) is 9.88 Å². The highest BCUT2D eigenvalue weighted by atomic mass is 35.5. The maximum Gasteiger partial charge on any atom is 0.308 e. The van der Waals surface area contributed by atoms with Gasteiger partial charge in [0.25, 0.3) is 5.91 Å². The molecule has 5 nitrogen and oxygen atoms in total. The fourth-order valence-corrected chi connectivity index (χ4v) is 2.25. The maximum absolute atomic E-state index is 12.2. The molecule has 2 rings (SSSR count). The number of aliphatic carboxylic acids is 1. The first kappa shape index (κ1) is 12.8. The van der Waals surface area contributed by atoms with E-state index in [0.717, 1.165) is 0 Å². The Morgan fingerprint density at radius 2 is 2.28 bits per heavy atom. The number of likely N-dealkylation sites (tertiary alicyclic amines) is 1. The number of aromatic nitrogens is 1. The van der Waals surface area contributed by atoms with Crippen molar-refractivity contribution in [1.29, 1.82) is 0 Å². The van der Waals surface area contributed by atoms with Gasteiger partial charge in [-0.15, -0.1) is 0 Å². The van der Waals surface area contributed by atoms with Crippen LogP contribution in [0.5, 0.6) is 0 Å². The standard InChI is InChI=1S/C12H13ClN2O3/c13-10-3-4-14-6-9(10)11(16)15-5-1-2-8(7-15)12(17)18/h3-4,6,8H,1-2,5,7H2,(H,17,18). The highest BCUT2D eigenvalue weighted by molar-refractivity contribution is 6.33. The van der Waals surface area contributed by atoms with E-state index in [2.05, 4.69) is 4.98 Å². The largest absolute Gasteiger partial charge is 0.481 e. The zero-order valence-corrected chi connectivity index (χ0v) is 10.4. The van der Waals surface area contributed by atoms with Gasteiger partial charge in [0.05, 0.1) is 16.5 Å². The third-order valence-electron chi connectivity index (χ3n) is 3.06. The molecule has 18 heavy (non-hydrogen) atoms. The van der Waals surface area contributed by atoms with Gasteiger partial charge in [0.1, 0.15) is 0 Å². The molecule has 1 aromatic rings. The van der Waals surface area contributed by atoms with Gasteiger partial charge in [-0.2, -0.15) is 0 Å². The Kier molecular flexibility index (Phi) is 3.81. The fraction of sp³-hybridized carbons (Fsp3) is 0.417. The van der Waals surface area contributed by atoms with Crippen LogP contribution in [0.3, 0.4) is 0 Å². The zero-order chi connectivity index (χ0) is 13.1. The van der Waals surface area contributed by atoms with Crippen molar-refractivity contribution < 1.29 is 14.7 Å². The Morgan fingerprint density at radius 1 is 1.50 bits per heavy atom. The SMILES string of the molecule is O=C(O)C1CCCN(C(=O)c2cnccc2Cl)C1. The minimum atomic E-state index is -0.857. The minimum Gasteiger partial charge on any atom is -0.481 e. The van der Waals surface area contributed by atoms with Crippen molar-refractivity contribution in [2.24, 2.45) is 5.92 Å². The number of amides is 1. The summed E-state index contributed by atoms with van der Waals surface area (Å²) in [6, 6.07) is 1.55. The molecule has 0 aliphatic carbocycles. The lowest BCUT2D eigenvalue weighted by Gasteiger charge is -2.30. The molecule has 1 saturated heterocycles. The number of hydrogen-bond donors (Lipinski definition) is 1. The number of carbonyl (C=O) groups excluding carboxylic acids is 1. The predicted octanol–water partition coefficient (Wildman–Crippen LogP) is 1.67. The Hall–Kier alpha value is -1.62. The molecule has 0 spiro atoms. The van der Waals surface area contributed by atoms with E-state index in [1.165, 1.54) is 17.3 Å². The molecule has 1 aliphatic heterocycles. The van der Waals surface area contributed by atoms with Gasteiger partial charge in [-0.1, -0.05) is 11.6 Å². The summed E-state index contributed by atoms with van der Waals surface area (Å²) >= 11 is 5.93. The van der Waals surface area contributed by atoms with Crippen LogP contribution >= 0.6 is 11.6 Å². The van der Waals surface area contributed by atoms with Gasteiger partial charge in [-0.05, 0) is 18.9 Å². The Morgan fingerprint density at radius 3 is 2.94 bits per heavy atom. The van der Waals surface area contributed by atoms with Crippen molar-refractivity contribution >= 4 is 23.5 Å². The molecule has 0 aromatic carbocycles. The van der Waals surface area contributed by atoms with Crippen molar-refractivity contribution in [3.8, 4) is 0 Å². The van der Waals surface area contributed by atoms with Gasteiger partial charge in [0, 0.05) is 25.5 Å². The van der Waals surface area contributed by atoms with E-state index in [-0.39, 0.29) is 12.5 Å². The molecule has 0 bridgehead atoms. The van der Waals surface area contributed by atoms with Gasteiger partial charge < -0.3 is 10.0 Å². The van der Waals surface area contributed by atoms with Gasteiger partial charge in [0.2, 0.25) is 0 Å².